The van der Waals surface area contributed by atoms with Crippen molar-refractivity contribution < 1.29 is 9.90 Å². The quantitative estimate of drug-likeness (QED) is 0.666. The van der Waals surface area contributed by atoms with Crippen LogP contribution in [0, 0.1) is 12.8 Å². The molecule has 0 spiro atoms. The molecule has 0 amide bonds. The van der Waals surface area contributed by atoms with Crippen LogP contribution in [0.15, 0.2) is 60.9 Å². The monoisotopic (exact) mass is 401 g/mol. The zero-order valence-corrected chi connectivity index (χ0v) is 17.3. The summed E-state index contributed by atoms with van der Waals surface area (Å²) in [5.41, 5.74) is 5.83. The molecule has 2 heterocycles. The van der Waals surface area contributed by atoms with Crippen molar-refractivity contribution in [2.24, 2.45) is 5.92 Å². The summed E-state index contributed by atoms with van der Waals surface area (Å²) >= 11 is 0. The summed E-state index contributed by atoms with van der Waals surface area (Å²) in [6.07, 6.45) is 5.95. The average Bonchev–Trinajstić information content (AvgIpc) is 2.76. The lowest BCUT2D eigenvalue weighted by molar-refractivity contribution is -0.143. The van der Waals surface area contributed by atoms with Crippen molar-refractivity contribution in [3.8, 4) is 11.1 Å². The SMILES string of the molecule is Cc1ccc(-c2cnc(Cc3cccc(CN4CCC(C(=O)O)CC4)c3)nc2)cc1. The van der Waals surface area contributed by atoms with Gasteiger partial charge in [0.05, 0.1) is 5.92 Å². The van der Waals surface area contributed by atoms with Gasteiger partial charge in [-0.05, 0) is 49.5 Å². The fraction of sp³-hybridized carbons (Fsp3) is 0.320. The maximum atomic E-state index is 11.1. The Balaban J connectivity index is 1.37. The number of likely N-dealkylation sites (tertiary alicyclic amines) is 1. The average molecular weight is 402 g/mol. The molecule has 0 saturated carbocycles. The van der Waals surface area contributed by atoms with Crippen LogP contribution in [-0.2, 0) is 17.8 Å². The standard InChI is InChI=1S/C25H27N3O2/c1-18-5-7-21(8-6-18)23-15-26-24(27-16-23)14-19-3-2-4-20(13-19)17-28-11-9-22(10-12-28)25(29)30/h2-8,13,15-16,22H,9-12,14,17H2,1H3,(H,29,30). The summed E-state index contributed by atoms with van der Waals surface area (Å²) in [5.74, 6) is -0.0389. The van der Waals surface area contributed by atoms with Gasteiger partial charge in [0, 0.05) is 30.9 Å². The van der Waals surface area contributed by atoms with Crippen molar-refractivity contribution in [3.05, 3.63) is 83.4 Å². The van der Waals surface area contributed by atoms with Crippen molar-refractivity contribution in [1.29, 1.82) is 0 Å². The molecule has 1 aromatic heterocycles. The number of benzene rings is 2. The van der Waals surface area contributed by atoms with Gasteiger partial charge >= 0.3 is 5.97 Å². The molecule has 2 aromatic carbocycles. The molecule has 3 aromatic rings. The molecule has 1 aliphatic rings. The Bertz CT molecular complexity index is 992. The van der Waals surface area contributed by atoms with E-state index in [0.717, 1.165) is 49.4 Å². The second kappa shape index (κ2) is 9.18. The van der Waals surface area contributed by atoms with Crippen LogP contribution in [0.3, 0.4) is 0 Å². The van der Waals surface area contributed by atoms with E-state index in [2.05, 4.69) is 70.3 Å². The predicted molar refractivity (Wildman–Crippen MR) is 117 cm³/mol. The summed E-state index contributed by atoms with van der Waals surface area (Å²) in [5, 5.41) is 9.15. The number of hydrogen-bond acceptors (Lipinski definition) is 4. The normalized spacial score (nSPS) is 15.2. The molecule has 1 aliphatic heterocycles. The van der Waals surface area contributed by atoms with Gasteiger partial charge < -0.3 is 5.11 Å². The number of carboxylic acids is 1. The fourth-order valence-electron chi connectivity index (χ4n) is 3.96. The largest absolute Gasteiger partial charge is 0.481 e. The van der Waals surface area contributed by atoms with Gasteiger partial charge in [0.15, 0.2) is 0 Å². The summed E-state index contributed by atoms with van der Waals surface area (Å²) < 4.78 is 0. The lowest BCUT2D eigenvalue weighted by Gasteiger charge is -2.30. The second-order valence-corrected chi connectivity index (χ2v) is 8.14. The molecular formula is C25H27N3O2. The third-order valence-electron chi connectivity index (χ3n) is 5.79. The second-order valence-electron chi connectivity index (χ2n) is 8.14. The number of carbonyl (C=O) groups is 1. The Labute approximate surface area is 177 Å². The molecule has 0 unspecified atom stereocenters. The molecule has 0 atom stereocenters. The van der Waals surface area contributed by atoms with Crippen molar-refractivity contribution in [3.63, 3.8) is 0 Å². The smallest absolute Gasteiger partial charge is 0.306 e. The van der Waals surface area contributed by atoms with E-state index < -0.39 is 5.97 Å². The van der Waals surface area contributed by atoms with Gasteiger partial charge in [-0.2, -0.15) is 0 Å². The molecule has 1 fully saturated rings. The van der Waals surface area contributed by atoms with Crippen LogP contribution in [0.5, 0.6) is 0 Å². The summed E-state index contributed by atoms with van der Waals surface area (Å²) in [6.45, 7) is 4.61. The number of hydrogen-bond donors (Lipinski definition) is 1. The highest BCUT2D eigenvalue weighted by atomic mass is 16.4. The van der Waals surface area contributed by atoms with E-state index in [4.69, 9.17) is 5.11 Å². The van der Waals surface area contributed by atoms with Crippen LogP contribution in [0.25, 0.3) is 11.1 Å². The van der Waals surface area contributed by atoms with Crippen LogP contribution in [0.2, 0.25) is 0 Å². The van der Waals surface area contributed by atoms with Gasteiger partial charge in [0.2, 0.25) is 0 Å². The highest BCUT2D eigenvalue weighted by Gasteiger charge is 2.24. The molecular weight excluding hydrogens is 374 g/mol. The van der Waals surface area contributed by atoms with Crippen LogP contribution in [0.1, 0.15) is 35.4 Å². The first-order valence-electron chi connectivity index (χ1n) is 10.5. The molecule has 0 aliphatic carbocycles. The zero-order chi connectivity index (χ0) is 20.9. The topological polar surface area (TPSA) is 66.3 Å². The number of nitrogens with zero attached hydrogens (tertiary/aromatic N) is 3. The Hall–Kier alpha value is -3.05. The first-order valence-corrected chi connectivity index (χ1v) is 10.5. The molecule has 30 heavy (non-hydrogen) atoms. The number of carboxylic acid groups (broad SMARTS) is 1. The molecule has 1 saturated heterocycles. The minimum atomic E-state index is -0.662. The van der Waals surface area contributed by atoms with Gasteiger partial charge in [-0.25, -0.2) is 9.97 Å². The number of aliphatic carboxylic acids is 1. The fourth-order valence-corrected chi connectivity index (χ4v) is 3.96. The third-order valence-corrected chi connectivity index (χ3v) is 5.79. The summed E-state index contributed by atoms with van der Waals surface area (Å²) in [7, 11) is 0. The Kier molecular flexibility index (Phi) is 6.19. The number of aryl methyl sites for hydroxylation is 1. The molecule has 5 nitrogen and oxygen atoms in total. The summed E-state index contributed by atoms with van der Waals surface area (Å²) in [6, 6.07) is 16.9. The number of aromatic nitrogens is 2. The highest BCUT2D eigenvalue weighted by Crippen LogP contribution is 2.21. The minimum Gasteiger partial charge on any atom is -0.481 e. The zero-order valence-electron chi connectivity index (χ0n) is 17.3. The van der Waals surface area contributed by atoms with Gasteiger partial charge in [-0.15, -0.1) is 0 Å². The van der Waals surface area contributed by atoms with E-state index in [1.54, 1.807) is 0 Å². The molecule has 0 radical (unpaired) electrons. The van der Waals surface area contributed by atoms with Crippen LogP contribution < -0.4 is 0 Å². The van der Waals surface area contributed by atoms with Gasteiger partial charge in [0.1, 0.15) is 5.82 Å². The van der Waals surface area contributed by atoms with E-state index >= 15 is 0 Å². The van der Waals surface area contributed by atoms with E-state index in [0.29, 0.717) is 6.42 Å². The Morgan fingerprint density at radius 3 is 2.33 bits per heavy atom. The third kappa shape index (κ3) is 5.10. The van der Waals surface area contributed by atoms with E-state index in [9.17, 15) is 4.79 Å². The van der Waals surface area contributed by atoms with Gasteiger partial charge in [-0.3, -0.25) is 9.69 Å². The van der Waals surface area contributed by atoms with Crippen molar-refractivity contribution in [2.75, 3.05) is 13.1 Å². The van der Waals surface area contributed by atoms with Crippen LogP contribution in [0.4, 0.5) is 0 Å². The number of piperidine rings is 1. The van der Waals surface area contributed by atoms with E-state index in [-0.39, 0.29) is 5.92 Å². The van der Waals surface area contributed by atoms with Crippen LogP contribution in [-0.4, -0.2) is 39.0 Å². The first kappa shape index (κ1) is 20.2. The molecule has 154 valence electrons. The minimum absolute atomic E-state index is 0.187. The Morgan fingerprint density at radius 2 is 1.67 bits per heavy atom. The summed E-state index contributed by atoms with van der Waals surface area (Å²) in [4.78, 5) is 22.6. The molecule has 5 heteroatoms. The predicted octanol–water partition coefficient (Wildman–Crippen LogP) is 4.34. The maximum absolute atomic E-state index is 11.1. The van der Waals surface area contributed by atoms with E-state index in [1.165, 1.54) is 16.7 Å². The maximum Gasteiger partial charge on any atom is 0.306 e. The molecule has 4 rings (SSSR count). The number of rotatable bonds is 6. The van der Waals surface area contributed by atoms with E-state index in [1.807, 2.05) is 12.4 Å². The first-order chi connectivity index (χ1) is 14.6. The van der Waals surface area contributed by atoms with Gasteiger partial charge in [-0.1, -0.05) is 54.1 Å². The Morgan fingerprint density at radius 1 is 1.00 bits per heavy atom. The van der Waals surface area contributed by atoms with Crippen molar-refractivity contribution >= 4 is 5.97 Å². The lowest BCUT2D eigenvalue weighted by atomic mass is 9.96. The van der Waals surface area contributed by atoms with Crippen molar-refractivity contribution in [2.45, 2.75) is 32.7 Å². The van der Waals surface area contributed by atoms with Gasteiger partial charge in [0.25, 0.3) is 0 Å². The lowest BCUT2D eigenvalue weighted by Crippen LogP contribution is -2.35. The van der Waals surface area contributed by atoms with Crippen molar-refractivity contribution in [1.82, 2.24) is 14.9 Å². The van der Waals surface area contributed by atoms with Crippen LogP contribution >= 0.6 is 0 Å². The molecule has 0 bridgehead atoms. The molecule has 1 N–H and O–H groups in total. The highest BCUT2D eigenvalue weighted by molar-refractivity contribution is 5.70.